The van der Waals surface area contributed by atoms with Crippen molar-refractivity contribution in [1.29, 1.82) is 0 Å². The molecular weight excluding hydrogens is 422 g/mol. The molecule has 0 saturated carbocycles. The van der Waals surface area contributed by atoms with E-state index in [-0.39, 0.29) is 12.2 Å². The van der Waals surface area contributed by atoms with Crippen LogP contribution in [0, 0.1) is 20.8 Å². The van der Waals surface area contributed by atoms with Crippen molar-refractivity contribution in [2.24, 2.45) is 0 Å². The number of para-hydroxylation sites is 1. The highest BCUT2D eigenvalue weighted by Gasteiger charge is 2.51. The molecule has 5 rings (SSSR count). The fraction of sp³-hybridized carbons (Fsp3) is 0.200. The summed E-state index contributed by atoms with van der Waals surface area (Å²) in [4.78, 5) is 28.8. The van der Waals surface area contributed by atoms with E-state index in [0.29, 0.717) is 23.4 Å². The third kappa shape index (κ3) is 3.51. The Balaban J connectivity index is 1.53. The molecule has 0 saturated heterocycles. The summed E-state index contributed by atoms with van der Waals surface area (Å²) >= 11 is 0. The van der Waals surface area contributed by atoms with Gasteiger partial charge >= 0.3 is 0 Å². The molecule has 1 N–H and O–H groups in total. The van der Waals surface area contributed by atoms with Gasteiger partial charge in [0.15, 0.2) is 11.4 Å². The molecule has 1 amide bonds. The number of Topliss-reactive ketones (excluding diaryl/α,β-unsaturated/α-hetero) is 1. The van der Waals surface area contributed by atoms with Crippen LogP contribution in [0.25, 0.3) is 10.8 Å². The summed E-state index contributed by atoms with van der Waals surface area (Å²) in [7, 11) is 0. The predicted octanol–water partition coefficient (Wildman–Crippen LogP) is 5.77. The Bertz CT molecular complexity index is 1430. The van der Waals surface area contributed by atoms with E-state index in [1.54, 1.807) is 17.0 Å². The van der Waals surface area contributed by atoms with Crippen LogP contribution < -0.4 is 4.90 Å². The molecule has 0 radical (unpaired) electrons. The Morgan fingerprint density at radius 2 is 1.53 bits per heavy atom. The lowest BCUT2D eigenvalue weighted by molar-refractivity contribution is -0.136. The Morgan fingerprint density at radius 1 is 0.882 bits per heavy atom. The second-order valence-corrected chi connectivity index (χ2v) is 9.28. The molecule has 0 aliphatic carbocycles. The van der Waals surface area contributed by atoms with Crippen molar-refractivity contribution in [1.82, 2.24) is 0 Å². The lowest BCUT2D eigenvalue weighted by atomic mass is 9.85. The van der Waals surface area contributed by atoms with E-state index in [4.69, 9.17) is 0 Å². The van der Waals surface area contributed by atoms with Crippen molar-refractivity contribution >= 4 is 28.2 Å². The van der Waals surface area contributed by atoms with E-state index in [0.717, 1.165) is 33.0 Å². The molecule has 0 spiro atoms. The van der Waals surface area contributed by atoms with Crippen molar-refractivity contribution < 1.29 is 14.7 Å². The van der Waals surface area contributed by atoms with Crippen LogP contribution in [0.3, 0.4) is 0 Å². The molecule has 0 aromatic heterocycles. The number of carbonyl (C=O) groups is 2. The normalized spacial score (nSPS) is 17.3. The van der Waals surface area contributed by atoms with Gasteiger partial charge in [-0.1, -0.05) is 78.4 Å². The number of aryl methyl sites for hydroxylation is 3. The summed E-state index contributed by atoms with van der Waals surface area (Å²) in [5, 5.41) is 13.9. The molecule has 4 nitrogen and oxygen atoms in total. The van der Waals surface area contributed by atoms with Crippen LogP contribution in [0.5, 0.6) is 0 Å². The maximum Gasteiger partial charge on any atom is 0.264 e. The van der Waals surface area contributed by atoms with Crippen LogP contribution in [0.2, 0.25) is 0 Å². The molecule has 1 aliphatic rings. The second kappa shape index (κ2) is 8.23. The summed E-state index contributed by atoms with van der Waals surface area (Å²) in [5.74, 6) is -0.690. The molecule has 4 aromatic rings. The summed E-state index contributed by atoms with van der Waals surface area (Å²) in [6.07, 6.45) is -0.292. The van der Waals surface area contributed by atoms with E-state index in [9.17, 15) is 14.7 Å². The average Bonchev–Trinajstić information content (AvgIpc) is 3.00. The minimum atomic E-state index is -1.90. The molecule has 1 atom stereocenters. The zero-order valence-corrected chi connectivity index (χ0v) is 19.6. The van der Waals surface area contributed by atoms with Gasteiger partial charge in [0.1, 0.15) is 0 Å². The van der Waals surface area contributed by atoms with E-state index < -0.39 is 11.5 Å². The number of rotatable bonds is 5. The van der Waals surface area contributed by atoms with Crippen LogP contribution in [0.1, 0.15) is 44.6 Å². The third-order valence-electron chi connectivity index (χ3n) is 6.82. The molecule has 0 fully saturated rings. The molecule has 170 valence electrons. The number of ketones is 1. The van der Waals surface area contributed by atoms with Crippen LogP contribution in [0.4, 0.5) is 5.69 Å². The monoisotopic (exact) mass is 449 g/mol. The predicted molar refractivity (Wildman–Crippen MR) is 135 cm³/mol. The smallest absolute Gasteiger partial charge is 0.264 e. The van der Waals surface area contributed by atoms with Crippen LogP contribution >= 0.6 is 0 Å². The van der Waals surface area contributed by atoms with Gasteiger partial charge in [0, 0.05) is 11.1 Å². The minimum Gasteiger partial charge on any atom is -0.375 e. The maximum atomic E-state index is 13.7. The number of benzene rings is 4. The number of anilines is 1. The van der Waals surface area contributed by atoms with E-state index in [1.165, 1.54) is 0 Å². The first-order valence-electron chi connectivity index (χ1n) is 11.5. The average molecular weight is 450 g/mol. The molecule has 1 heterocycles. The van der Waals surface area contributed by atoms with Gasteiger partial charge in [0.25, 0.3) is 5.91 Å². The lowest BCUT2D eigenvalue weighted by Crippen LogP contribution is -2.41. The van der Waals surface area contributed by atoms with Gasteiger partial charge in [-0.15, -0.1) is 0 Å². The third-order valence-corrected chi connectivity index (χ3v) is 6.82. The maximum absolute atomic E-state index is 13.7. The van der Waals surface area contributed by atoms with Gasteiger partial charge in [0.2, 0.25) is 0 Å². The number of hydrogen-bond donors (Lipinski definition) is 1. The zero-order valence-electron chi connectivity index (χ0n) is 19.6. The Morgan fingerprint density at radius 3 is 2.29 bits per heavy atom. The molecule has 0 bridgehead atoms. The first-order chi connectivity index (χ1) is 16.3. The highest BCUT2D eigenvalue weighted by molar-refractivity contribution is 6.11. The fourth-order valence-corrected chi connectivity index (χ4v) is 5.38. The first kappa shape index (κ1) is 22.1. The van der Waals surface area contributed by atoms with Crippen LogP contribution in [0.15, 0.2) is 78.9 Å². The van der Waals surface area contributed by atoms with E-state index in [1.807, 2.05) is 87.5 Å². The zero-order chi connectivity index (χ0) is 24.0. The van der Waals surface area contributed by atoms with Gasteiger partial charge in [-0.25, -0.2) is 0 Å². The minimum absolute atomic E-state index is 0.229. The van der Waals surface area contributed by atoms with Crippen molar-refractivity contribution in [3.63, 3.8) is 0 Å². The first-order valence-corrected chi connectivity index (χ1v) is 11.5. The largest absolute Gasteiger partial charge is 0.375 e. The number of amides is 1. The van der Waals surface area contributed by atoms with Crippen molar-refractivity contribution in [2.45, 2.75) is 39.3 Å². The molecule has 34 heavy (non-hydrogen) atoms. The Labute approximate surface area is 199 Å². The molecule has 4 heteroatoms. The van der Waals surface area contributed by atoms with Gasteiger partial charge < -0.3 is 10.0 Å². The topological polar surface area (TPSA) is 57.6 Å². The quantitative estimate of drug-likeness (QED) is 0.393. The summed E-state index contributed by atoms with van der Waals surface area (Å²) in [5.41, 5.74) is 3.59. The van der Waals surface area contributed by atoms with Crippen LogP contribution in [-0.2, 0) is 16.9 Å². The fourth-order valence-electron chi connectivity index (χ4n) is 5.38. The van der Waals surface area contributed by atoms with Crippen molar-refractivity contribution in [3.8, 4) is 0 Å². The van der Waals surface area contributed by atoms with Gasteiger partial charge in [0.05, 0.1) is 18.7 Å². The lowest BCUT2D eigenvalue weighted by Gasteiger charge is -2.24. The van der Waals surface area contributed by atoms with Crippen molar-refractivity contribution in [3.05, 3.63) is 112 Å². The summed E-state index contributed by atoms with van der Waals surface area (Å²) in [6.45, 7) is 6.10. The molecule has 1 aliphatic heterocycles. The highest BCUT2D eigenvalue weighted by Crippen LogP contribution is 2.44. The standard InChI is InChI=1S/C30H27NO3/c1-19-15-20(2)28(21(3)16-19)27(32)17-30(34)25-13-6-7-14-26(25)31(29(30)33)18-23-11-8-10-22-9-4-5-12-24(22)23/h4-16,34H,17-18H2,1-3H3/t30-/m1/s1. The van der Waals surface area contributed by atoms with Crippen molar-refractivity contribution in [2.75, 3.05) is 4.90 Å². The molecule has 0 unspecified atom stereocenters. The summed E-state index contributed by atoms with van der Waals surface area (Å²) < 4.78 is 0. The molecule has 4 aromatic carbocycles. The number of hydrogen-bond acceptors (Lipinski definition) is 3. The Kier molecular flexibility index (Phi) is 5.34. The number of aliphatic hydroxyl groups is 1. The number of nitrogens with zero attached hydrogens (tertiary/aromatic N) is 1. The highest BCUT2D eigenvalue weighted by atomic mass is 16.3. The van der Waals surface area contributed by atoms with Gasteiger partial charge in [-0.2, -0.15) is 0 Å². The van der Waals surface area contributed by atoms with E-state index >= 15 is 0 Å². The SMILES string of the molecule is Cc1cc(C)c(C(=O)C[C@]2(O)C(=O)N(Cc3cccc4ccccc34)c3ccccc32)c(C)c1. The van der Waals surface area contributed by atoms with Gasteiger partial charge in [-0.3, -0.25) is 9.59 Å². The van der Waals surface area contributed by atoms with Gasteiger partial charge in [-0.05, 0) is 54.3 Å². The Hall–Kier alpha value is -3.76. The number of carbonyl (C=O) groups excluding carboxylic acids is 2. The van der Waals surface area contributed by atoms with E-state index in [2.05, 4.69) is 0 Å². The van der Waals surface area contributed by atoms with Crippen LogP contribution in [-0.4, -0.2) is 16.8 Å². The second-order valence-electron chi connectivity index (χ2n) is 9.28. The molecular formula is C30H27NO3. The number of fused-ring (bicyclic) bond motifs is 2. The summed E-state index contributed by atoms with van der Waals surface area (Å²) in [6, 6.07) is 25.2.